The van der Waals surface area contributed by atoms with E-state index in [1.807, 2.05) is 37.4 Å². The van der Waals surface area contributed by atoms with Gasteiger partial charge in [-0.2, -0.15) is 0 Å². The lowest BCUT2D eigenvalue weighted by atomic mass is 10.2. The smallest absolute Gasteiger partial charge is 0.214 e. The number of thiophene rings is 1. The topological polar surface area (TPSA) is 56.9 Å². The minimum Gasteiger partial charge on any atom is -0.439 e. The van der Waals surface area contributed by atoms with Gasteiger partial charge >= 0.3 is 0 Å². The molecule has 0 bridgehead atoms. The van der Waals surface area contributed by atoms with Crippen molar-refractivity contribution >= 4 is 22.3 Å². The van der Waals surface area contributed by atoms with Crippen molar-refractivity contribution < 1.29 is 4.42 Å². The Bertz CT molecular complexity index is 867. The zero-order valence-electron chi connectivity index (χ0n) is 15.3. The molecule has 1 fully saturated rings. The van der Waals surface area contributed by atoms with E-state index in [2.05, 4.69) is 42.6 Å². The molecule has 1 aliphatic rings. The second-order valence-corrected chi connectivity index (χ2v) is 7.24. The van der Waals surface area contributed by atoms with Crippen molar-refractivity contribution in [1.29, 1.82) is 0 Å². The summed E-state index contributed by atoms with van der Waals surface area (Å²) in [5, 5.41) is 6.84. The standard InChI is InChI=1S/C20H23N5OS/c1-21-20(25-11-9-24(10-12-25)19-8-5-13-27-19)23-15-18-22-14-17(26-18)16-6-3-2-4-7-16/h2-8,13-14H,9-12,15H2,1H3,(H,21,23). The normalized spacial score (nSPS) is 15.2. The molecule has 0 amide bonds. The maximum Gasteiger partial charge on any atom is 0.214 e. The molecule has 0 unspecified atom stereocenters. The van der Waals surface area contributed by atoms with Crippen LogP contribution in [-0.4, -0.2) is 49.1 Å². The van der Waals surface area contributed by atoms with Gasteiger partial charge in [0.25, 0.3) is 0 Å². The summed E-state index contributed by atoms with van der Waals surface area (Å²) in [5.74, 6) is 2.33. The van der Waals surface area contributed by atoms with Crippen molar-refractivity contribution in [3.05, 3.63) is 59.9 Å². The Morgan fingerprint density at radius 1 is 1.15 bits per heavy atom. The highest BCUT2D eigenvalue weighted by Gasteiger charge is 2.20. The molecule has 0 radical (unpaired) electrons. The van der Waals surface area contributed by atoms with Crippen LogP contribution in [0.5, 0.6) is 0 Å². The fourth-order valence-corrected chi connectivity index (χ4v) is 3.99. The molecule has 1 aromatic carbocycles. The molecule has 140 valence electrons. The Kier molecular flexibility index (Phi) is 5.39. The first-order chi connectivity index (χ1) is 13.3. The lowest BCUT2D eigenvalue weighted by Crippen LogP contribution is -2.52. The zero-order chi connectivity index (χ0) is 18.5. The molecule has 2 aromatic heterocycles. The highest BCUT2D eigenvalue weighted by Crippen LogP contribution is 2.22. The van der Waals surface area contributed by atoms with Gasteiger partial charge in [-0.05, 0) is 17.5 Å². The summed E-state index contributed by atoms with van der Waals surface area (Å²) in [6, 6.07) is 14.3. The van der Waals surface area contributed by atoms with E-state index >= 15 is 0 Å². The number of piperazine rings is 1. The Labute approximate surface area is 163 Å². The van der Waals surface area contributed by atoms with Gasteiger partial charge in [0.15, 0.2) is 11.7 Å². The number of anilines is 1. The molecule has 3 aromatic rings. The van der Waals surface area contributed by atoms with E-state index in [0.29, 0.717) is 12.4 Å². The fourth-order valence-electron chi connectivity index (χ4n) is 3.20. The average molecular weight is 382 g/mol. The molecule has 1 N–H and O–H groups in total. The Hall–Kier alpha value is -2.80. The first-order valence-electron chi connectivity index (χ1n) is 9.07. The summed E-state index contributed by atoms with van der Waals surface area (Å²) < 4.78 is 5.86. The summed E-state index contributed by atoms with van der Waals surface area (Å²) in [7, 11) is 1.82. The Morgan fingerprint density at radius 2 is 1.96 bits per heavy atom. The highest BCUT2D eigenvalue weighted by molar-refractivity contribution is 7.14. The molecule has 27 heavy (non-hydrogen) atoms. The third-order valence-corrected chi connectivity index (χ3v) is 5.55. The number of rotatable bonds is 4. The summed E-state index contributed by atoms with van der Waals surface area (Å²) >= 11 is 1.79. The van der Waals surface area contributed by atoms with Gasteiger partial charge in [-0.15, -0.1) is 11.3 Å². The molecular formula is C20H23N5OS. The molecule has 6 nitrogen and oxygen atoms in total. The third kappa shape index (κ3) is 4.14. The van der Waals surface area contributed by atoms with E-state index in [0.717, 1.165) is 43.5 Å². The van der Waals surface area contributed by atoms with Crippen molar-refractivity contribution in [1.82, 2.24) is 15.2 Å². The van der Waals surface area contributed by atoms with E-state index in [1.54, 1.807) is 17.5 Å². The minimum atomic E-state index is 0.518. The van der Waals surface area contributed by atoms with Crippen LogP contribution in [0.25, 0.3) is 11.3 Å². The number of aliphatic imine (C=N–C) groups is 1. The predicted octanol–water partition coefficient (Wildman–Crippen LogP) is 3.30. The van der Waals surface area contributed by atoms with Gasteiger partial charge in [0.2, 0.25) is 5.89 Å². The van der Waals surface area contributed by atoms with Crippen LogP contribution in [0.3, 0.4) is 0 Å². The van der Waals surface area contributed by atoms with Crippen molar-refractivity contribution in [2.75, 3.05) is 38.1 Å². The monoisotopic (exact) mass is 381 g/mol. The minimum absolute atomic E-state index is 0.518. The van der Waals surface area contributed by atoms with Gasteiger partial charge < -0.3 is 19.5 Å². The number of benzene rings is 1. The molecule has 7 heteroatoms. The van der Waals surface area contributed by atoms with Gasteiger partial charge in [-0.1, -0.05) is 30.3 Å². The molecule has 0 spiro atoms. The number of hydrogen-bond acceptors (Lipinski definition) is 5. The molecular weight excluding hydrogens is 358 g/mol. The lowest BCUT2D eigenvalue weighted by Gasteiger charge is -2.36. The summed E-state index contributed by atoms with van der Waals surface area (Å²) in [6.45, 7) is 4.40. The van der Waals surface area contributed by atoms with Crippen LogP contribution in [-0.2, 0) is 6.54 Å². The van der Waals surface area contributed by atoms with Crippen molar-refractivity contribution in [2.24, 2.45) is 4.99 Å². The molecule has 3 heterocycles. The van der Waals surface area contributed by atoms with Gasteiger partial charge in [-0.25, -0.2) is 4.98 Å². The maximum atomic E-state index is 5.86. The second kappa shape index (κ2) is 8.26. The van der Waals surface area contributed by atoms with Crippen LogP contribution in [0, 0.1) is 0 Å². The molecule has 1 aliphatic heterocycles. The summed E-state index contributed by atoms with van der Waals surface area (Å²) in [5.41, 5.74) is 1.03. The van der Waals surface area contributed by atoms with Crippen LogP contribution in [0.4, 0.5) is 5.00 Å². The van der Waals surface area contributed by atoms with Crippen LogP contribution in [0.2, 0.25) is 0 Å². The third-order valence-electron chi connectivity index (χ3n) is 4.62. The lowest BCUT2D eigenvalue weighted by molar-refractivity contribution is 0.370. The summed E-state index contributed by atoms with van der Waals surface area (Å²) in [6.07, 6.45) is 1.77. The SMILES string of the molecule is CN=C(NCc1ncc(-c2ccccc2)o1)N1CCN(c2cccs2)CC1. The number of nitrogens with zero attached hydrogens (tertiary/aromatic N) is 4. The largest absolute Gasteiger partial charge is 0.439 e. The van der Waals surface area contributed by atoms with Crippen LogP contribution < -0.4 is 10.2 Å². The fraction of sp³-hybridized carbons (Fsp3) is 0.300. The van der Waals surface area contributed by atoms with Gasteiger partial charge in [0.05, 0.1) is 17.7 Å². The summed E-state index contributed by atoms with van der Waals surface area (Å²) in [4.78, 5) is 13.5. The van der Waals surface area contributed by atoms with E-state index in [1.165, 1.54) is 5.00 Å². The van der Waals surface area contributed by atoms with Crippen LogP contribution in [0.15, 0.2) is 63.5 Å². The number of oxazole rings is 1. The second-order valence-electron chi connectivity index (χ2n) is 6.31. The first kappa shape index (κ1) is 17.6. The first-order valence-corrected chi connectivity index (χ1v) is 9.95. The molecule has 0 aliphatic carbocycles. The van der Waals surface area contributed by atoms with Crippen molar-refractivity contribution in [3.8, 4) is 11.3 Å². The quantitative estimate of drug-likeness (QED) is 0.555. The number of nitrogens with one attached hydrogen (secondary N) is 1. The van der Waals surface area contributed by atoms with E-state index < -0.39 is 0 Å². The van der Waals surface area contributed by atoms with Gasteiger partial charge in [0, 0.05) is 38.8 Å². The number of guanidine groups is 1. The van der Waals surface area contributed by atoms with Crippen molar-refractivity contribution in [2.45, 2.75) is 6.54 Å². The van der Waals surface area contributed by atoms with E-state index in [-0.39, 0.29) is 0 Å². The molecule has 0 atom stereocenters. The van der Waals surface area contributed by atoms with E-state index in [9.17, 15) is 0 Å². The van der Waals surface area contributed by atoms with Crippen LogP contribution >= 0.6 is 11.3 Å². The van der Waals surface area contributed by atoms with Crippen LogP contribution in [0.1, 0.15) is 5.89 Å². The average Bonchev–Trinajstić information content (AvgIpc) is 3.42. The maximum absolute atomic E-state index is 5.86. The Balaban J connectivity index is 1.32. The van der Waals surface area contributed by atoms with Gasteiger partial charge in [-0.3, -0.25) is 4.99 Å². The van der Waals surface area contributed by atoms with Crippen molar-refractivity contribution in [3.63, 3.8) is 0 Å². The molecule has 0 saturated carbocycles. The Morgan fingerprint density at radius 3 is 2.67 bits per heavy atom. The predicted molar refractivity (Wildman–Crippen MR) is 110 cm³/mol. The molecule has 1 saturated heterocycles. The highest BCUT2D eigenvalue weighted by atomic mass is 32.1. The number of hydrogen-bond donors (Lipinski definition) is 1. The molecule has 4 rings (SSSR count). The number of aromatic nitrogens is 1. The van der Waals surface area contributed by atoms with Gasteiger partial charge in [0.1, 0.15) is 0 Å². The van der Waals surface area contributed by atoms with E-state index in [4.69, 9.17) is 4.42 Å². The zero-order valence-corrected chi connectivity index (χ0v) is 16.2.